The zero-order valence-corrected chi connectivity index (χ0v) is 13.1. The first-order valence-electron chi connectivity index (χ1n) is 8.25. The van der Waals surface area contributed by atoms with Crippen molar-refractivity contribution in [2.75, 3.05) is 0 Å². The first kappa shape index (κ1) is 13.2. The van der Waals surface area contributed by atoms with Gasteiger partial charge in [0.25, 0.3) is 0 Å². The maximum absolute atomic E-state index is 10.3. The molecule has 120 valence electrons. The van der Waals surface area contributed by atoms with Crippen molar-refractivity contribution < 1.29 is 14.9 Å². The molecule has 4 nitrogen and oxygen atoms in total. The largest absolute Gasteiger partial charge is 0.506 e. The molecule has 4 heteroatoms. The van der Waals surface area contributed by atoms with Crippen molar-refractivity contribution in [3.8, 4) is 0 Å². The molecule has 2 N–H and O–H groups in total. The van der Waals surface area contributed by atoms with Gasteiger partial charge >= 0.3 is 0 Å². The molecule has 0 spiro atoms. The molecule has 1 aromatic heterocycles. The molecule has 1 aliphatic carbocycles. The van der Waals surface area contributed by atoms with Crippen LogP contribution in [-0.4, -0.2) is 21.3 Å². The van der Waals surface area contributed by atoms with Gasteiger partial charge in [-0.3, -0.25) is 0 Å². The summed E-state index contributed by atoms with van der Waals surface area (Å²) < 4.78 is 5.58. The van der Waals surface area contributed by atoms with E-state index in [4.69, 9.17) is 9.72 Å². The fraction of sp³-hybridized carbons (Fsp3) is 0.0952. The first-order valence-corrected chi connectivity index (χ1v) is 8.25. The van der Waals surface area contributed by atoms with Gasteiger partial charge in [0.05, 0.1) is 11.0 Å². The van der Waals surface area contributed by atoms with Crippen LogP contribution in [0.5, 0.6) is 0 Å². The number of pyridine rings is 1. The third kappa shape index (κ3) is 1.62. The number of ether oxygens (including phenoxy) is 1. The molecule has 2 atom stereocenters. The van der Waals surface area contributed by atoms with Crippen LogP contribution in [0.3, 0.4) is 0 Å². The third-order valence-corrected chi connectivity index (χ3v) is 5.27. The maximum atomic E-state index is 10.3. The highest BCUT2D eigenvalue weighted by atomic mass is 16.6. The molecule has 25 heavy (non-hydrogen) atoms. The lowest BCUT2D eigenvalue weighted by Crippen LogP contribution is -2.08. The van der Waals surface area contributed by atoms with Crippen molar-refractivity contribution in [1.82, 2.24) is 4.98 Å². The van der Waals surface area contributed by atoms with E-state index in [2.05, 4.69) is 30.3 Å². The number of nitrogens with zero attached hydrogens (tertiary/aromatic N) is 1. The summed E-state index contributed by atoms with van der Waals surface area (Å²) in [6, 6.07) is 18.2. The molecule has 0 radical (unpaired) electrons. The van der Waals surface area contributed by atoms with Gasteiger partial charge in [-0.25, -0.2) is 4.98 Å². The summed E-state index contributed by atoms with van der Waals surface area (Å²) >= 11 is 0. The van der Waals surface area contributed by atoms with Gasteiger partial charge in [-0.2, -0.15) is 0 Å². The second kappa shape index (κ2) is 4.29. The van der Waals surface area contributed by atoms with E-state index in [9.17, 15) is 10.2 Å². The van der Waals surface area contributed by atoms with E-state index in [1.165, 1.54) is 0 Å². The number of hydrogen-bond donors (Lipinski definition) is 2. The highest BCUT2D eigenvalue weighted by Crippen LogP contribution is 2.52. The van der Waals surface area contributed by atoms with Crippen LogP contribution < -0.4 is 0 Å². The lowest BCUT2D eigenvalue weighted by molar-refractivity contribution is 0.309. The van der Waals surface area contributed by atoms with Crippen LogP contribution in [-0.2, 0) is 4.74 Å². The summed E-state index contributed by atoms with van der Waals surface area (Å²) in [5, 5.41) is 24.6. The molecule has 1 saturated heterocycles. The zero-order valence-electron chi connectivity index (χ0n) is 13.1. The molecule has 2 heterocycles. The summed E-state index contributed by atoms with van der Waals surface area (Å²) in [7, 11) is 0. The number of aliphatic hydroxyl groups excluding tert-OH is 2. The van der Waals surface area contributed by atoms with Crippen molar-refractivity contribution >= 4 is 38.3 Å². The zero-order chi connectivity index (χ0) is 16.7. The Morgan fingerprint density at radius 2 is 1.68 bits per heavy atom. The van der Waals surface area contributed by atoms with E-state index in [0.717, 1.165) is 38.1 Å². The standard InChI is InChI=1S/C21H13NO3/c23-18-13-7-8-15-14(16(13)20-21(25-20)19(18)24)9-11-6-5-10-3-1-2-4-12(10)17(11)22-15/h1-9,20-21,23-24H/t20-,21+/m1/s1. The molecule has 1 aliphatic heterocycles. The maximum Gasteiger partial charge on any atom is 0.167 e. The summed E-state index contributed by atoms with van der Waals surface area (Å²) in [5.74, 6) is -0.161. The average molecular weight is 327 g/mol. The lowest BCUT2D eigenvalue weighted by Gasteiger charge is -2.16. The van der Waals surface area contributed by atoms with Gasteiger partial charge in [-0.15, -0.1) is 0 Å². The van der Waals surface area contributed by atoms with Crippen molar-refractivity contribution in [3.05, 3.63) is 71.5 Å². The molecule has 0 saturated carbocycles. The molecule has 0 bridgehead atoms. The molecular weight excluding hydrogens is 314 g/mol. The van der Waals surface area contributed by atoms with Gasteiger partial charge < -0.3 is 14.9 Å². The minimum Gasteiger partial charge on any atom is -0.506 e. The predicted octanol–water partition coefficient (Wildman–Crippen LogP) is 4.78. The van der Waals surface area contributed by atoms with E-state index >= 15 is 0 Å². The van der Waals surface area contributed by atoms with Crippen LogP contribution in [0.25, 0.3) is 38.3 Å². The van der Waals surface area contributed by atoms with Crippen molar-refractivity contribution in [3.63, 3.8) is 0 Å². The van der Waals surface area contributed by atoms with E-state index in [-0.39, 0.29) is 17.6 Å². The number of rotatable bonds is 0. The van der Waals surface area contributed by atoms with Gasteiger partial charge in [0.1, 0.15) is 12.2 Å². The Kier molecular flexibility index (Phi) is 2.27. The number of hydrogen-bond acceptors (Lipinski definition) is 4. The van der Waals surface area contributed by atoms with Crippen molar-refractivity contribution in [2.45, 2.75) is 12.2 Å². The Labute approximate surface area is 142 Å². The van der Waals surface area contributed by atoms with Crippen LogP contribution in [0, 0.1) is 0 Å². The molecule has 2 aliphatic rings. The van der Waals surface area contributed by atoms with Crippen molar-refractivity contribution in [2.24, 2.45) is 0 Å². The summed E-state index contributed by atoms with van der Waals surface area (Å²) in [6.07, 6.45) is -0.625. The summed E-state index contributed by atoms with van der Waals surface area (Å²) in [4.78, 5) is 4.90. The van der Waals surface area contributed by atoms with E-state index in [1.54, 1.807) is 0 Å². The van der Waals surface area contributed by atoms with Crippen LogP contribution in [0.1, 0.15) is 17.2 Å². The molecule has 0 unspecified atom stereocenters. The van der Waals surface area contributed by atoms with E-state index < -0.39 is 6.10 Å². The normalized spacial score (nSPS) is 21.6. The molecule has 4 aromatic rings. The number of epoxide rings is 1. The Morgan fingerprint density at radius 3 is 2.60 bits per heavy atom. The molecule has 1 fully saturated rings. The molecule has 3 aromatic carbocycles. The van der Waals surface area contributed by atoms with Crippen LogP contribution in [0.4, 0.5) is 0 Å². The van der Waals surface area contributed by atoms with Gasteiger partial charge in [0.15, 0.2) is 11.5 Å². The van der Waals surface area contributed by atoms with E-state index in [0.29, 0.717) is 5.56 Å². The number of fused-ring (bicyclic) bond motifs is 8. The van der Waals surface area contributed by atoms with Crippen LogP contribution >= 0.6 is 0 Å². The number of benzene rings is 3. The van der Waals surface area contributed by atoms with Gasteiger partial charge in [0.2, 0.25) is 0 Å². The predicted molar refractivity (Wildman–Crippen MR) is 96.5 cm³/mol. The quantitative estimate of drug-likeness (QED) is 0.277. The van der Waals surface area contributed by atoms with Crippen LogP contribution in [0.2, 0.25) is 0 Å². The first-order chi connectivity index (χ1) is 12.2. The highest BCUT2D eigenvalue weighted by molar-refractivity contribution is 6.09. The molecule has 6 rings (SSSR count). The smallest absolute Gasteiger partial charge is 0.167 e. The second-order valence-electron chi connectivity index (χ2n) is 6.65. The summed E-state index contributed by atoms with van der Waals surface area (Å²) in [5.41, 5.74) is 3.38. The second-order valence-corrected chi connectivity index (χ2v) is 6.65. The van der Waals surface area contributed by atoms with Crippen molar-refractivity contribution in [1.29, 1.82) is 0 Å². The minimum atomic E-state index is -0.426. The van der Waals surface area contributed by atoms with Gasteiger partial charge in [-0.05, 0) is 23.6 Å². The Balaban J connectivity index is 1.75. The molecule has 0 amide bonds. The Bertz CT molecular complexity index is 1260. The highest BCUT2D eigenvalue weighted by Gasteiger charge is 2.50. The minimum absolute atomic E-state index is 0.0726. The van der Waals surface area contributed by atoms with Gasteiger partial charge in [-0.1, -0.05) is 36.4 Å². The van der Waals surface area contributed by atoms with Crippen LogP contribution in [0.15, 0.2) is 60.4 Å². The number of aromatic nitrogens is 1. The lowest BCUT2D eigenvalue weighted by atomic mass is 9.90. The summed E-state index contributed by atoms with van der Waals surface area (Å²) in [6.45, 7) is 0. The monoisotopic (exact) mass is 327 g/mol. The number of aliphatic hydroxyl groups is 2. The topological polar surface area (TPSA) is 65.9 Å². The van der Waals surface area contributed by atoms with Gasteiger partial charge in [0, 0.05) is 27.3 Å². The fourth-order valence-electron chi connectivity index (χ4n) is 3.99. The average Bonchev–Trinajstić information content (AvgIpc) is 3.44. The molecular formula is C21H13NO3. The Hall–Kier alpha value is -3.11. The SMILES string of the molecule is OC1=C(O)[C@@H]2O[C@@H]2c2c1ccc1nc3c(ccc4ccccc43)cc21. The third-order valence-electron chi connectivity index (χ3n) is 5.27. The fourth-order valence-corrected chi connectivity index (χ4v) is 3.99. The van der Waals surface area contributed by atoms with E-state index in [1.807, 2.05) is 24.3 Å². The Morgan fingerprint density at radius 1 is 0.840 bits per heavy atom.